The molecule has 0 aliphatic carbocycles. The van der Waals surface area contributed by atoms with Crippen molar-refractivity contribution in [2.75, 3.05) is 18.5 Å². The molecule has 0 aliphatic rings. The van der Waals surface area contributed by atoms with E-state index in [0.29, 0.717) is 0 Å². The van der Waals surface area contributed by atoms with Crippen LogP contribution in [0.4, 0.5) is 10.6 Å². The number of rotatable bonds is 4. The summed E-state index contributed by atoms with van der Waals surface area (Å²) in [5.41, 5.74) is 4.94. The fourth-order valence-electron chi connectivity index (χ4n) is 1.13. The van der Waals surface area contributed by atoms with Crippen LogP contribution in [0.15, 0.2) is 12.1 Å². The maximum atomic E-state index is 11.2. The summed E-state index contributed by atoms with van der Waals surface area (Å²) in [6.07, 6.45) is 0. The number of aromatic nitrogens is 1. The smallest absolute Gasteiger partial charge is 0.335 e. The molecule has 0 spiro atoms. The van der Waals surface area contributed by atoms with Gasteiger partial charge in [-0.25, -0.2) is 4.79 Å². The third-order valence-corrected chi connectivity index (χ3v) is 3.05. The van der Waals surface area contributed by atoms with E-state index in [1.54, 1.807) is 0 Å². The Morgan fingerprint density at radius 2 is 2.00 bits per heavy atom. The highest BCUT2D eigenvalue weighted by atomic mass is 35.7. The fraction of sp³-hybridized carbons (Fsp3) is 0.250. The van der Waals surface area contributed by atoms with Crippen LogP contribution in [-0.2, 0) is 9.24 Å². The molecule has 8 nitrogen and oxygen atoms in total. The first-order chi connectivity index (χ1) is 8.29. The Morgan fingerprint density at radius 1 is 1.39 bits per heavy atom. The zero-order chi connectivity index (χ0) is 13.9. The molecule has 18 heavy (non-hydrogen) atoms. The number of ether oxygens (including phenoxy) is 2. The summed E-state index contributed by atoms with van der Waals surface area (Å²) in [7, 11) is 3.35. The van der Waals surface area contributed by atoms with E-state index in [-0.39, 0.29) is 21.8 Å². The summed E-state index contributed by atoms with van der Waals surface area (Å²) in [5.74, 6) is -0.0620. The summed E-state index contributed by atoms with van der Waals surface area (Å²) in [6, 6.07) is 1.27. The average Bonchev–Trinajstić information content (AvgIpc) is 2.26. The van der Waals surface area contributed by atoms with Crippen LogP contribution in [0.1, 0.15) is 0 Å². The summed E-state index contributed by atoms with van der Waals surface area (Å²) < 4.78 is 32.3. The lowest BCUT2D eigenvalue weighted by molar-refractivity contribution is 0.257. The second-order valence-corrected chi connectivity index (χ2v) is 5.31. The highest BCUT2D eigenvalue weighted by molar-refractivity contribution is 8.15. The molecule has 0 unspecified atom stereocenters. The molecule has 0 atom stereocenters. The third-order valence-electron chi connectivity index (χ3n) is 1.83. The summed E-state index contributed by atoms with van der Waals surface area (Å²) >= 11 is 0. The first kappa shape index (κ1) is 14.3. The highest BCUT2D eigenvalue weighted by Gasteiger charge is 2.27. The largest absolute Gasteiger partial charge is 0.496 e. The Bertz CT molecular complexity index is 540. The monoisotopic (exact) mass is 295 g/mol. The summed E-state index contributed by atoms with van der Waals surface area (Å²) in [6.45, 7) is 0. The minimum absolute atomic E-state index is 0.0379. The molecule has 0 fully saturated rings. The van der Waals surface area contributed by atoms with Gasteiger partial charge in [0.1, 0.15) is 5.75 Å². The van der Waals surface area contributed by atoms with Gasteiger partial charge in [-0.2, -0.15) is 17.7 Å². The Balaban J connectivity index is 3.41. The number of primary amides is 1. The molecule has 0 saturated heterocycles. The molecule has 0 aliphatic heterocycles. The van der Waals surface area contributed by atoms with Crippen molar-refractivity contribution >= 4 is 31.8 Å². The van der Waals surface area contributed by atoms with E-state index >= 15 is 0 Å². The predicted molar refractivity (Wildman–Crippen MR) is 64.2 cm³/mol. The Kier molecular flexibility index (Phi) is 4.19. The molecule has 0 saturated carbocycles. The zero-order valence-electron chi connectivity index (χ0n) is 9.45. The van der Waals surface area contributed by atoms with E-state index in [4.69, 9.17) is 25.9 Å². The number of carbonyl (C=O) groups excluding carboxylic acids is 1. The van der Waals surface area contributed by atoms with Crippen molar-refractivity contribution in [2.45, 2.75) is 0 Å². The van der Waals surface area contributed by atoms with Crippen LogP contribution in [0, 0.1) is 0 Å². The number of methoxy groups -OCH3 is 2. The normalized spacial score (nSPS) is 10.8. The number of amides is 2. The SMILES string of the molecule is COc1cc(OC)nc(N(C(N)=O)S(=O)(=O)Cl)c1. The Hall–Kier alpha value is -1.74. The number of pyridine rings is 1. The maximum Gasteiger partial charge on any atom is 0.335 e. The molecule has 100 valence electrons. The van der Waals surface area contributed by atoms with Gasteiger partial charge >= 0.3 is 15.3 Å². The predicted octanol–water partition coefficient (Wildman–Crippen LogP) is 0.468. The number of hydrogen-bond donors (Lipinski definition) is 1. The van der Waals surface area contributed by atoms with Gasteiger partial charge in [-0.3, -0.25) is 0 Å². The van der Waals surface area contributed by atoms with E-state index in [2.05, 4.69) is 4.98 Å². The molecule has 0 bridgehead atoms. The summed E-state index contributed by atoms with van der Waals surface area (Å²) in [4.78, 5) is 14.9. The molecule has 1 aromatic rings. The van der Waals surface area contributed by atoms with Gasteiger partial charge in [0.15, 0.2) is 5.82 Å². The lowest BCUT2D eigenvalue weighted by atomic mass is 10.4. The van der Waals surface area contributed by atoms with Gasteiger partial charge in [-0.15, -0.1) is 0 Å². The molecular formula is C8H10ClN3O5S. The maximum absolute atomic E-state index is 11.2. The molecule has 2 amide bonds. The minimum atomic E-state index is -4.41. The quantitative estimate of drug-likeness (QED) is 0.808. The first-order valence-electron chi connectivity index (χ1n) is 4.44. The van der Waals surface area contributed by atoms with Crippen molar-refractivity contribution in [1.82, 2.24) is 4.98 Å². The van der Waals surface area contributed by atoms with Crippen LogP contribution in [0.2, 0.25) is 0 Å². The molecule has 0 radical (unpaired) electrons. The van der Waals surface area contributed by atoms with Crippen molar-refractivity contribution < 1.29 is 22.7 Å². The van der Waals surface area contributed by atoms with Crippen LogP contribution >= 0.6 is 10.7 Å². The second kappa shape index (κ2) is 5.27. The lowest BCUT2D eigenvalue weighted by Gasteiger charge is -2.16. The molecule has 2 N–H and O–H groups in total. The van der Waals surface area contributed by atoms with E-state index < -0.39 is 15.3 Å². The van der Waals surface area contributed by atoms with Crippen LogP contribution in [-0.4, -0.2) is 33.7 Å². The van der Waals surface area contributed by atoms with Gasteiger partial charge in [0, 0.05) is 22.8 Å². The molecule has 1 rings (SSSR count). The number of carbonyl (C=O) groups is 1. The highest BCUT2D eigenvalue weighted by Crippen LogP contribution is 2.26. The van der Waals surface area contributed by atoms with Crippen molar-refractivity contribution in [1.29, 1.82) is 0 Å². The second-order valence-electron chi connectivity index (χ2n) is 2.95. The van der Waals surface area contributed by atoms with E-state index in [1.807, 2.05) is 0 Å². The van der Waals surface area contributed by atoms with Gasteiger partial charge in [0.2, 0.25) is 5.88 Å². The number of urea groups is 1. The van der Waals surface area contributed by atoms with Crippen molar-refractivity contribution in [3.8, 4) is 11.6 Å². The van der Waals surface area contributed by atoms with Crippen LogP contribution in [0.25, 0.3) is 0 Å². The van der Waals surface area contributed by atoms with Crippen LogP contribution in [0.5, 0.6) is 11.6 Å². The Morgan fingerprint density at radius 3 is 2.39 bits per heavy atom. The van der Waals surface area contributed by atoms with Crippen LogP contribution < -0.4 is 19.5 Å². The van der Waals surface area contributed by atoms with Crippen molar-refractivity contribution in [3.05, 3.63) is 12.1 Å². The molecule has 10 heteroatoms. The first-order valence-corrected chi connectivity index (χ1v) is 6.70. The number of halogens is 1. The Labute approximate surface area is 108 Å². The van der Waals surface area contributed by atoms with Gasteiger partial charge in [0.25, 0.3) is 0 Å². The average molecular weight is 296 g/mol. The third kappa shape index (κ3) is 3.14. The van der Waals surface area contributed by atoms with Gasteiger partial charge < -0.3 is 15.2 Å². The zero-order valence-corrected chi connectivity index (χ0v) is 11.0. The standard InChI is InChI=1S/C8H10ClN3O5S/c1-16-5-3-6(11-7(4-5)17-2)12(8(10)13)18(9,14)15/h3-4H,1-2H3,(H2,10,13). The number of nitrogens with zero attached hydrogens (tertiary/aromatic N) is 2. The molecule has 1 aromatic heterocycles. The summed E-state index contributed by atoms with van der Waals surface area (Å²) in [5, 5.41) is 0. The topological polar surface area (TPSA) is 112 Å². The van der Waals surface area contributed by atoms with Gasteiger partial charge in [0.05, 0.1) is 14.2 Å². The van der Waals surface area contributed by atoms with Gasteiger partial charge in [-0.05, 0) is 0 Å². The molecule has 0 aromatic carbocycles. The van der Waals surface area contributed by atoms with Crippen LogP contribution in [0.3, 0.4) is 0 Å². The number of nitrogens with two attached hydrogens (primary N) is 1. The van der Waals surface area contributed by atoms with E-state index in [0.717, 1.165) is 0 Å². The minimum Gasteiger partial charge on any atom is -0.496 e. The van der Waals surface area contributed by atoms with E-state index in [1.165, 1.54) is 26.4 Å². The van der Waals surface area contributed by atoms with Crippen molar-refractivity contribution in [2.24, 2.45) is 5.73 Å². The molecule has 1 heterocycles. The lowest BCUT2D eigenvalue weighted by Crippen LogP contribution is -2.38. The number of anilines is 1. The van der Waals surface area contributed by atoms with Gasteiger partial charge in [-0.1, -0.05) is 0 Å². The fourth-order valence-corrected chi connectivity index (χ4v) is 2.07. The number of hydrogen-bond acceptors (Lipinski definition) is 6. The van der Waals surface area contributed by atoms with E-state index in [9.17, 15) is 13.2 Å². The molecular weight excluding hydrogens is 286 g/mol. The van der Waals surface area contributed by atoms with Crippen molar-refractivity contribution in [3.63, 3.8) is 0 Å².